The first kappa shape index (κ1) is 17.8. The molecule has 2 unspecified atom stereocenters. The van der Waals surface area contributed by atoms with Gasteiger partial charge in [0.2, 0.25) is 5.05 Å². The van der Waals surface area contributed by atoms with E-state index in [1.165, 1.54) is 0 Å². The molecule has 3 heterocycles. The molecule has 3 aliphatic heterocycles. The number of carbonyl (C=O) groups excluding carboxylic acids is 1. The van der Waals surface area contributed by atoms with E-state index in [2.05, 4.69) is 12.3 Å². The normalized spacial score (nSPS) is 27.5. The van der Waals surface area contributed by atoms with Gasteiger partial charge in [0.15, 0.2) is 11.7 Å². The van der Waals surface area contributed by atoms with Crippen molar-refractivity contribution in [2.24, 2.45) is 0 Å². The smallest absolute Gasteiger partial charge is 0.276 e. The largest absolute Gasteiger partial charge is 0.445 e. The number of thiocarbonyl (C=S) groups is 1. The van der Waals surface area contributed by atoms with Gasteiger partial charge in [0.25, 0.3) is 5.91 Å². The molecular weight excluding hydrogens is 370 g/mol. The van der Waals surface area contributed by atoms with Crippen molar-refractivity contribution in [1.29, 1.82) is 0 Å². The van der Waals surface area contributed by atoms with Crippen LogP contribution in [0.15, 0.2) is 35.5 Å². The molecule has 6 nitrogen and oxygen atoms in total. The second kappa shape index (κ2) is 6.84. The van der Waals surface area contributed by atoms with Gasteiger partial charge in [-0.2, -0.15) is 4.00 Å². The first-order valence-electron chi connectivity index (χ1n) is 8.86. The second-order valence-corrected chi connectivity index (χ2v) is 7.77. The minimum Gasteiger partial charge on any atom is -0.445 e. The Hall–Kier alpha value is -1.61. The molecule has 0 bridgehead atoms. The molecule has 1 amide bonds. The van der Waals surface area contributed by atoms with Crippen LogP contribution in [0.3, 0.4) is 0 Å². The number of benzene rings is 1. The maximum atomic E-state index is 13.2. The molecular formula is C18H22N3O3S2+. The number of thiol groups is 1. The number of hydrogen-bond donors (Lipinski definition) is 2. The van der Waals surface area contributed by atoms with Gasteiger partial charge in [-0.1, -0.05) is 19.1 Å². The lowest BCUT2D eigenvalue weighted by Gasteiger charge is -2.36. The number of quaternary nitrogens is 1. The number of para-hydroxylation sites is 1. The standard InChI is InChI=1S/C18H21N3O3S2/c1-2-9-21(26)16-12-5-3-4-6-13(12)24-18(25)14(16)15(19-21)17(22)20-7-10-23-11-8-20/h3-6,16,26H,2,7-11H2,1H3/p+1. The Bertz CT molecular complexity index is 792. The summed E-state index contributed by atoms with van der Waals surface area (Å²) in [5.74, 6) is 0.671. The molecule has 0 spiro atoms. The van der Waals surface area contributed by atoms with Gasteiger partial charge in [0.05, 0.1) is 31.6 Å². The molecule has 4 rings (SSSR count). The first-order valence-corrected chi connectivity index (χ1v) is 9.67. The number of carbonyl (C=O) groups is 1. The summed E-state index contributed by atoms with van der Waals surface area (Å²) in [6.07, 6.45) is 0.912. The Morgan fingerprint density at radius 3 is 2.85 bits per heavy atom. The van der Waals surface area contributed by atoms with Crippen molar-refractivity contribution in [3.05, 3.63) is 41.1 Å². The number of nitrogens with one attached hydrogen (secondary N) is 1. The monoisotopic (exact) mass is 392 g/mol. The first-order chi connectivity index (χ1) is 12.5. The lowest BCUT2D eigenvalue weighted by atomic mass is 9.94. The molecule has 1 fully saturated rings. The average Bonchev–Trinajstić information content (AvgIpc) is 2.96. The Morgan fingerprint density at radius 1 is 1.38 bits per heavy atom. The van der Waals surface area contributed by atoms with Crippen molar-refractivity contribution in [3.8, 4) is 5.75 Å². The van der Waals surface area contributed by atoms with E-state index in [1.807, 2.05) is 24.3 Å². The van der Waals surface area contributed by atoms with Crippen LogP contribution in [-0.4, -0.2) is 52.7 Å². The lowest BCUT2D eigenvalue weighted by molar-refractivity contribution is -0.852. The zero-order valence-electron chi connectivity index (χ0n) is 14.6. The summed E-state index contributed by atoms with van der Waals surface area (Å²) in [6.45, 7) is 5.10. The van der Waals surface area contributed by atoms with Crippen LogP contribution < -0.4 is 10.2 Å². The average molecular weight is 393 g/mol. The third-order valence-electron chi connectivity index (χ3n) is 4.99. The van der Waals surface area contributed by atoms with E-state index in [9.17, 15) is 4.79 Å². The van der Waals surface area contributed by atoms with E-state index in [0.717, 1.165) is 29.9 Å². The van der Waals surface area contributed by atoms with Crippen molar-refractivity contribution in [3.63, 3.8) is 0 Å². The molecule has 1 saturated heterocycles. The third kappa shape index (κ3) is 2.81. The van der Waals surface area contributed by atoms with Crippen LogP contribution >= 0.6 is 25.0 Å². The lowest BCUT2D eigenvalue weighted by Crippen LogP contribution is -2.51. The molecule has 0 aromatic heterocycles. The maximum Gasteiger partial charge on any atom is 0.276 e. The summed E-state index contributed by atoms with van der Waals surface area (Å²) in [5, 5.41) is 0.350. The van der Waals surface area contributed by atoms with Gasteiger partial charge in [-0.05, 0) is 30.8 Å². The van der Waals surface area contributed by atoms with Gasteiger partial charge >= 0.3 is 0 Å². The van der Waals surface area contributed by atoms with Crippen molar-refractivity contribution in [1.82, 2.24) is 10.3 Å². The maximum absolute atomic E-state index is 13.2. The highest BCUT2D eigenvalue weighted by Gasteiger charge is 2.54. The van der Waals surface area contributed by atoms with Gasteiger partial charge < -0.3 is 14.4 Å². The third-order valence-corrected chi connectivity index (χ3v) is 5.82. The molecule has 0 aliphatic carbocycles. The summed E-state index contributed by atoms with van der Waals surface area (Å²) in [6, 6.07) is 7.65. The number of morpholine rings is 1. The number of fused-ring (bicyclic) bond motifs is 3. The second-order valence-electron chi connectivity index (χ2n) is 6.69. The SMILES string of the molecule is CCC[N+]1(S)NC(C(=O)N2CCOCC2)=C2C(=S)Oc3ccccc3C21. The molecule has 2 atom stereocenters. The van der Waals surface area contributed by atoms with Crippen molar-refractivity contribution in [2.75, 3.05) is 32.8 Å². The summed E-state index contributed by atoms with van der Waals surface area (Å²) >= 11 is 10.5. The highest BCUT2D eigenvalue weighted by atomic mass is 32.1. The van der Waals surface area contributed by atoms with Gasteiger partial charge in [0.1, 0.15) is 17.9 Å². The predicted octanol–water partition coefficient (Wildman–Crippen LogP) is 2.15. The number of hydrogen-bond acceptors (Lipinski definition) is 6. The Kier molecular flexibility index (Phi) is 4.68. The minimum atomic E-state index is -0.171. The topological polar surface area (TPSA) is 50.8 Å². The summed E-state index contributed by atoms with van der Waals surface area (Å²) in [4.78, 5) is 15.0. The van der Waals surface area contributed by atoms with Crippen LogP contribution in [0.5, 0.6) is 5.75 Å². The highest BCUT2D eigenvalue weighted by Crippen LogP contribution is 2.49. The fraction of sp³-hybridized carbons (Fsp3) is 0.444. The van der Waals surface area contributed by atoms with Crippen LogP contribution in [0.4, 0.5) is 0 Å². The van der Waals surface area contributed by atoms with E-state index < -0.39 is 0 Å². The van der Waals surface area contributed by atoms with Crippen molar-refractivity contribution < 1.29 is 18.3 Å². The fourth-order valence-electron chi connectivity index (χ4n) is 3.84. The van der Waals surface area contributed by atoms with E-state index in [4.69, 9.17) is 34.5 Å². The fourth-order valence-corrected chi connectivity index (χ4v) is 4.68. The zero-order chi connectivity index (χ0) is 18.3. The molecule has 26 heavy (non-hydrogen) atoms. The van der Waals surface area contributed by atoms with Crippen LogP contribution in [0.2, 0.25) is 0 Å². The van der Waals surface area contributed by atoms with Gasteiger partial charge in [0, 0.05) is 13.1 Å². The van der Waals surface area contributed by atoms with Crippen molar-refractivity contribution in [2.45, 2.75) is 19.4 Å². The number of ether oxygens (including phenoxy) is 2. The van der Waals surface area contributed by atoms with E-state index in [0.29, 0.717) is 37.1 Å². The van der Waals surface area contributed by atoms with Crippen LogP contribution in [0.25, 0.3) is 0 Å². The molecule has 3 aliphatic rings. The minimum absolute atomic E-state index is 0.0659. The van der Waals surface area contributed by atoms with Crippen LogP contribution in [0, 0.1) is 0 Å². The molecule has 1 N–H and O–H groups in total. The molecule has 1 aromatic rings. The summed E-state index contributed by atoms with van der Waals surface area (Å²) < 4.78 is 11.5. The molecule has 1 aromatic carbocycles. The van der Waals surface area contributed by atoms with Gasteiger partial charge in [-0.3, -0.25) is 4.79 Å². The Morgan fingerprint density at radius 2 is 2.12 bits per heavy atom. The number of rotatable bonds is 3. The summed E-state index contributed by atoms with van der Waals surface area (Å²) in [5.41, 5.74) is 5.59. The van der Waals surface area contributed by atoms with E-state index in [1.54, 1.807) is 4.90 Å². The summed E-state index contributed by atoms with van der Waals surface area (Å²) in [7, 11) is 0. The van der Waals surface area contributed by atoms with Crippen LogP contribution in [0.1, 0.15) is 24.9 Å². The van der Waals surface area contributed by atoms with Crippen molar-refractivity contribution >= 4 is 36.0 Å². The number of nitrogens with zero attached hydrogens (tertiary/aromatic N) is 2. The Balaban J connectivity index is 1.80. The molecule has 0 saturated carbocycles. The van der Waals surface area contributed by atoms with E-state index in [-0.39, 0.29) is 15.9 Å². The zero-order valence-corrected chi connectivity index (χ0v) is 16.3. The van der Waals surface area contributed by atoms with Crippen LogP contribution in [-0.2, 0) is 9.53 Å². The molecule has 0 radical (unpaired) electrons. The quantitative estimate of drug-likeness (QED) is 0.469. The van der Waals surface area contributed by atoms with E-state index >= 15 is 0 Å². The van der Waals surface area contributed by atoms with Gasteiger partial charge in [-0.15, -0.1) is 0 Å². The molecule has 8 heteroatoms. The highest BCUT2D eigenvalue weighted by molar-refractivity contribution is 7.80. The molecule has 138 valence electrons. The van der Waals surface area contributed by atoms with Gasteiger partial charge in [-0.25, -0.2) is 5.43 Å². The predicted molar refractivity (Wildman–Crippen MR) is 104 cm³/mol. The number of amides is 1. The Labute approximate surface area is 163 Å².